The minimum absolute atomic E-state index is 0.387. The maximum atomic E-state index is 6.35. The van der Waals surface area contributed by atoms with Crippen molar-refractivity contribution in [1.29, 1.82) is 0 Å². The maximum Gasteiger partial charge on any atom is 0.242 e. The molecule has 0 amide bonds. The van der Waals surface area contributed by atoms with E-state index in [1.807, 2.05) is 30.0 Å². The van der Waals surface area contributed by atoms with E-state index in [-0.39, 0.29) is 0 Å². The van der Waals surface area contributed by atoms with Crippen molar-refractivity contribution in [3.63, 3.8) is 0 Å². The average molecular weight is 387 g/mol. The number of oxime groups is 1. The number of amidine groups is 1. The van der Waals surface area contributed by atoms with Gasteiger partial charge in [0.05, 0.1) is 5.69 Å². The van der Waals surface area contributed by atoms with Gasteiger partial charge in [-0.3, -0.25) is 4.90 Å². The molecule has 0 bridgehead atoms. The zero-order chi connectivity index (χ0) is 19.1. The van der Waals surface area contributed by atoms with Crippen LogP contribution in [0, 0.1) is 6.92 Å². The minimum atomic E-state index is -0.641. The van der Waals surface area contributed by atoms with Crippen LogP contribution < -0.4 is 4.90 Å². The van der Waals surface area contributed by atoms with E-state index in [2.05, 4.69) is 84.6 Å². The van der Waals surface area contributed by atoms with E-state index in [0.717, 1.165) is 29.1 Å². The van der Waals surface area contributed by atoms with Gasteiger partial charge in [-0.2, -0.15) is 0 Å². The SMILES string of the molecule is Cc1ccc(C23CC(C)Sc4ccccc4N2C(c2ccccc2)=NO3)cc1. The van der Waals surface area contributed by atoms with E-state index < -0.39 is 5.72 Å². The Morgan fingerprint density at radius 3 is 2.46 bits per heavy atom. The summed E-state index contributed by atoms with van der Waals surface area (Å²) in [5.41, 5.74) is 3.95. The second-order valence-corrected chi connectivity index (χ2v) is 8.94. The standard InChI is InChI=1S/C24H22N2OS/c1-17-12-14-20(15-13-17)24-16-18(2)28-22-11-7-6-10-21(22)26(24)23(25-27-24)19-8-4-3-5-9-19/h3-15,18H,16H2,1-2H3. The molecule has 3 aromatic carbocycles. The van der Waals surface area contributed by atoms with Gasteiger partial charge in [-0.25, -0.2) is 0 Å². The lowest BCUT2D eigenvalue weighted by molar-refractivity contribution is -0.0274. The highest BCUT2D eigenvalue weighted by Gasteiger charge is 2.51. The van der Waals surface area contributed by atoms with E-state index in [1.165, 1.54) is 10.5 Å². The molecule has 5 rings (SSSR count). The number of hydrogen-bond acceptors (Lipinski definition) is 4. The summed E-state index contributed by atoms with van der Waals surface area (Å²) in [6, 6.07) is 27.5. The minimum Gasteiger partial charge on any atom is -0.360 e. The lowest BCUT2D eigenvalue weighted by Gasteiger charge is -2.37. The van der Waals surface area contributed by atoms with Crippen molar-refractivity contribution in [2.45, 2.75) is 36.1 Å². The number of anilines is 1. The number of aryl methyl sites for hydroxylation is 1. The van der Waals surface area contributed by atoms with Crippen LogP contribution in [-0.2, 0) is 10.6 Å². The predicted octanol–water partition coefficient (Wildman–Crippen LogP) is 5.93. The summed E-state index contributed by atoms with van der Waals surface area (Å²) in [5, 5.41) is 5.02. The van der Waals surface area contributed by atoms with Crippen LogP contribution in [-0.4, -0.2) is 11.1 Å². The zero-order valence-corrected chi connectivity index (χ0v) is 16.8. The molecule has 2 atom stereocenters. The summed E-state index contributed by atoms with van der Waals surface area (Å²) in [5.74, 6) is 0.864. The smallest absolute Gasteiger partial charge is 0.242 e. The van der Waals surface area contributed by atoms with E-state index in [0.29, 0.717) is 5.25 Å². The van der Waals surface area contributed by atoms with Crippen LogP contribution in [0.2, 0.25) is 0 Å². The highest BCUT2D eigenvalue weighted by molar-refractivity contribution is 8.00. The molecular formula is C24H22N2OS. The third kappa shape index (κ3) is 2.71. The Labute approximate surface area is 170 Å². The van der Waals surface area contributed by atoms with Gasteiger partial charge in [0.25, 0.3) is 0 Å². The fourth-order valence-corrected chi connectivity index (χ4v) is 5.26. The summed E-state index contributed by atoms with van der Waals surface area (Å²) in [7, 11) is 0. The molecule has 0 spiro atoms. The molecule has 0 fully saturated rings. The number of rotatable bonds is 2. The first kappa shape index (κ1) is 17.4. The summed E-state index contributed by atoms with van der Waals surface area (Å²) < 4.78 is 0. The van der Waals surface area contributed by atoms with Crippen molar-refractivity contribution in [2.75, 3.05) is 4.90 Å². The Hall–Kier alpha value is -2.72. The highest BCUT2D eigenvalue weighted by atomic mass is 32.2. The molecule has 0 saturated carbocycles. The average Bonchev–Trinajstić information content (AvgIpc) is 3.03. The number of thioether (sulfide) groups is 1. The van der Waals surface area contributed by atoms with Crippen molar-refractivity contribution in [3.05, 3.63) is 95.6 Å². The number of nitrogens with zero attached hydrogens (tertiary/aromatic N) is 2. The van der Waals surface area contributed by atoms with Gasteiger partial charge in [-0.1, -0.05) is 84.4 Å². The van der Waals surface area contributed by atoms with E-state index >= 15 is 0 Å². The molecule has 3 nitrogen and oxygen atoms in total. The monoisotopic (exact) mass is 386 g/mol. The van der Waals surface area contributed by atoms with Crippen molar-refractivity contribution < 1.29 is 4.84 Å². The Balaban J connectivity index is 1.74. The molecule has 0 aliphatic carbocycles. The van der Waals surface area contributed by atoms with Crippen molar-refractivity contribution in [2.24, 2.45) is 5.16 Å². The molecule has 28 heavy (non-hydrogen) atoms. The molecule has 2 aliphatic heterocycles. The quantitative estimate of drug-likeness (QED) is 0.546. The summed E-state index contributed by atoms with van der Waals surface area (Å²) in [4.78, 5) is 9.91. The van der Waals surface area contributed by atoms with Crippen LogP contribution in [0.3, 0.4) is 0 Å². The molecule has 4 heteroatoms. The molecule has 0 saturated heterocycles. The Morgan fingerprint density at radius 1 is 0.964 bits per heavy atom. The largest absolute Gasteiger partial charge is 0.360 e. The molecule has 3 aromatic rings. The number of fused-ring (bicyclic) bond motifs is 3. The third-order valence-electron chi connectivity index (χ3n) is 5.39. The Morgan fingerprint density at radius 2 is 1.68 bits per heavy atom. The van der Waals surface area contributed by atoms with Gasteiger partial charge in [0.2, 0.25) is 5.72 Å². The fraction of sp³-hybridized carbons (Fsp3) is 0.208. The van der Waals surface area contributed by atoms with Gasteiger partial charge < -0.3 is 4.84 Å². The predicted molar refractivity (Wildman–Crippen MR) is 116 cm³/mol. The van der Waals surface area contributed by atoms with Gasteiger partial charge in [0.1, 0.15) is 0 Å². The summed E-state index contributed by atoms with van der Waals surface area (Å²) in [6.07, 6.45) is 0.843. The van der Waals surface area contributed by atoms with Gasteiger partial charge in [0, 0.05) is 27.7 Å². The first-order valence-corrected chi connectivity index (χ1v) is 10.5. The van der Waals surface area contributed by atoms with Gasteiger partial charge in [0.15, 0.2) is 5.84 Å². The lowest BCUT2D eigenvalue weighted by atomic mass is 9.93. The molecule has 0 N–H and O–H groups in total. The van der Waals surface area contributed by atoms with E-state index in [4.69, 9.17) is 4.84 Å². The van der Waals surface area contributed by atoms with E-state index in [9.17, 15) is 0 Å². The molecular weight excluding hydrogens is 364 g/mol. The second kappa shape index (κ2) is 6.71. The van der Waals surface area contributed by atoms with Crippen LogP contribution in [0.1, 0.15) is 30.0 Å². The summed E-state index contributed by atoms with van der Waals surface area (Å²) >= 11 is 1.91. The summed E-state index contributed by atoms with van der Waals surface area (Å²) in [6.45, 7) is 4.38. The Bertz CT molecular complexity index is 1030. The maximum absolute atomic E-state index is 6.35. The van der Waals surface area contributed by atoms with Crippen LogP contribution in [0.25, 0.3) is 0 Å². The topological polar surface area (TPSA) is 24.8 Å². The van der Waals surface area contributed by atoms with Crippen molar-refractivity contribution in [1.82, 2.24) is 0 Å². The number of para-hydroxylation sites is 1. The van der Waals surface area contributed by atoms with Crippen LogP contribution in [0.5, 0.6) is 0 Å². The van der Waals surface area contributed by atoms with Gasteiger partial charge in [-0.15, -0.1) is 11.8 Å². The molecule has 2 unspecified atom stereocenters. The molecule has 2 aliphatic rings. The molecule has 140 valence electrons. The van der Waals surface area contributed by atoms with Crippen LogP contribution >= 0.6 is 11.8 Å². The van der Waals surface area contributed by atoms with Crippen molar-refractivity contribution in [3.8, 4) is 0 Å². The normalized spacial score (nSPS) is 23.3. The first-order chi connectivity index (χ1) is 13.7. The first-order valence-electron chi connectivity index (χ1n) is 9.62. The molecule has 2 heterocycles. The number of benzene rings is 3. The lowest BCUT2D eigenvalue weighted by Crippen LogP contribution is -2.47. The Kier molecular flexibility index (Phi) is 4.17. The van der Waals surface area contributed by atoms with E-state index in [1.54, 1.807) is 0 Å². The van der Waals surface area contributed by atoms with Gasteiger partial charge >= 0.3 is 0 Å². The molecule has 0 radical (unpaired) electrons. The van der Waals surface area contributed by atoms with Gasteiger partial charge in [-0.05, 0) is 19.1 Å². The molecule has 0 aromatic heterocycles. The highest BCUT2D eigenvalue weighted by Crippen LogP contribution is 2.51. The van der Waals surface area contributed by atoms with Crippen molar-refractivity contribution >= 4 is 23.3 Å². The fourth-order valence-electron chi connectivity index (χ4n) is 4.08. The second-order valence-electron chi connectivity index (χ2n) is 7.46. The number of hydrogen-bond donors (Lipinski definition) is 0. The zero-order valence-electron chi connectivity index (χ0n) is 16.0. The third-order valence-corrected chi connectivity index (χ3v) is 6.56. The van der Waals surface area contributed by atoms with Crippen LogP contribution in [0.4, 0.5) is 5.69 Å². The van der Waals surface area contributed by atoms with Crippen LogP contribution in [0.15, 0.2) is 88.9 Å².